The Hall–Kier alpha value is -2.62. The molecule has 0 aliphatic heterocycles. The molecule has 2 aromatic carbocycles. The minimum Gasteiger partial charge on any atom is -0.489 e. The molecule has 1 amide bonds. The molecule has 0 spiro atoms. The molecule has 0 aliphatic rings. The summed E-state index contributed by atoms with van der Waals surface area (Å²) in [5, 5.41) is 3.96. The molecule has 0 bridgehead atoms. The summed E-state index contributed by atoms with van der Waals surface area (Å²) in [6.45, 7) is 6.60. The first kappa shape index (κ1) is 17.7. The smallest absolute Gasteiger partial charge is 0.240 e. The van der Waals surface area contributed by atoms with Crippen LogP contribution in [0, 0.1) is 12.8 Å². The van der Waals surface area contributed by atoms with Crippen molar-refractivity contribution in [1.29, 1.82) is 0 Å². The number of benzene rings is 2. The molecule has 0 radical (unpaired) electrons. The number of nitrogens with zero attached hydrogens (tertiary/aromatic N) is 1. The first-order valence-electron chi connectivity index (χ1n) is 8.13. The highest BCUT2D eigenvalue weighted by atomic mass is 16.5. The average Bonchev–Trinajstić information content (AvgIpc) is 2.55. The van der Waals surface area contributed by atoms with Crippen molar-refractivity contribution >= 4 is 12.1 Å². The SMILES string of the molecule is Cc1ccc(COc2ccc(/C=N/NC(=O)CC(C)C)cc2)cc1. The molecule has 2 rings (SSSR count). The van der Waals surface area contributed by atoms with Crippen LogP contribution in [-0.4, -0.2) is 12.1 Å². The van der Waals surface area contributed by atoms with Crippen molar-refractivity contribution in [2.45, 2.75) is 33.8 Å². The number of carbonyl (C=O) groups excluding carboxylic acids is 1. The van der Waals surface area contributed by atoms with Crippen molar-refractivity contribution in [3.05, 3.63) is 65.2 Å². The standard InChI is InChI=1S/C20H24N2O2/c1-15(2)12-20(23)22-21-13-17-8-10-19(11-9-17)24-14-18-6-4-16(3)5-7-18/h4-11,13,15H,12,14H2,1-3H3,(H,22,23)/b21-13+. The highest BCUT2D eigenvalue weighted by Crippen LogP contribution is 2.14. The molecule has 0 saturated heterocycles. The van der Waals surface area contributed by atoms with E-state index in [2.05, 4.69) is 41.7 Å². The van der Waals surface area contributed by atoms with Crippen LogP contribution in [0.3, 0.4) is 0 Å². The van der Waals surface area contributed by atoms with E-state index < -0.39 is 0 Å². The van der Waals surface area contributed by atoms with Gasteiger partial charge in [-0.25, -0.2) is 5.43 Å². The van der Waals surface area contributed by atoms with E-state index in [9.17, 15) is 4.79 Å². The summed E-state index contributed by atoms with van der Waals surface area (Å²) in [7, 11) is 0. The third kappa shape index (κ3) is 6.24. The molecule has 0 fully saturated rings. The number of nitrogens with one attached hydrogen (secondary N) is 1. The number of ether oxygens (including phenoxy) is 1. The van der Waals surface area contributed by atoms with Gasteiger partial charge in [0.1, 0.15) is 12.4 Å². The van der Waals surface area contributed by atoms with E-state index in [4.69, 9.17) is 4.74 Å². The van der Waals surface area contributed by atoms with Gasteiger partial charge < -0.3 is 4.74 Å². The number of hydrogen-bond donors (Lipinski definition) is 1. The van der Waals surface area contributed by atoms with Crippen molar-refractivity contribution < 1.29 is 9.53 Å². The Labute approximate surface area is 143 Å². The summed E-state index contributed by atoms with van der Waals surface area (Å²) < 4.78 is 5.76. The number of carbonyl (C=O) groups is 1. The maximum atomic E-state index is 11.5. The lowest BCUT2D eigenvalue weighted by Crippen LogP contribution is -2.19. The molecule has 0 heterocycles. The van der Waals surface area contributed by atoms with Crippen LogP contribution in [0.5, 0.6) is 5.75 Å². The fraction of sp³-hybridized carbons (Fsp3) is 0.300. The van der Waals surface area contributed by atoms with Gasteiger partial charge >= 0.3 is 0 Å². The summed E-state index contributed by atoms with van der Waals surface area (Å²) in [6, 6.07) is 15.9. The van der Waals surface area contributed by atoms with Gasteiger partial charge in [-0.2, -0.15) is 5.10 Å². The van der Waals surface area contributed by atoms with Gasteiger partial charge in [0.05, 0.1) is 6.21 Å². The van der Waals surface area contributed by atoms with Crippen molar-refractivity contribution in [2.75, 3.05) is 0 Å². The fourth-order valence-electron chi connectivity index (χ4n) is 2.10. The lowest BCUT2D eigenvalue weighted by atomic mass is 10.1. The lowest BCUT2D eigenvalue weighted by molar-refractivity contribution is -0.121. The molecule has 0 unspecified atom stereocenters. The third-order valence-electron chi connectivity index (χ3n) is 3.40. The second-order valence-corrected chi connectivity index (χ2v) is 6.23. The van der Waals surface area contributed by atoms with E-state index >= 15 is 0 Å². The molecule has 0 aliphatic carbocycles. The quantitative estimate of drug-likeness (QED) is 0.616. The molecular weight excluding hydrogens is 300 g/mol. The second kappa shape index (κ2) is 8.87. The summed E-state index contributed by atoms with van der Waals surface area (Å²) in [6.07, 6.45) is 2.10. The Morgan fingerprint density at radius 2 is 1.79 bits per heavy atom. The van der Waals surface area contributed by atoms with Crippen LogP contribution in [0.4, 0.5) is 0 Å². The minimum absolute atomic E-state index is 0.0701. The summed E-state index contributed by atoms with van der Waals surface area (Å²) in [5.41, 5.74) is 5.81. The molecule has 2 aromatic rings. The highest BCUT2D eigenvalue weighted by Gasteiger charge is 2.02. The zero-order valence-corrected chi connectivity index (χ0v) is 14.5. The van der Waals surface area contributed by atoms with Crippen LogP contribution in [0.1, 0.15) is 37.0 Å². The van der Waals surface area contributed by atoms with Crippen LogP contribution in [-0.2, 0) is 11.4 Å². The Morgan fingerprint density at radius 3 is 2.42 bits per heavy atom. The number of aryl methyl sites for hydroxylation is 1. The van der Waals surface area contributed by atoms with Gasteiger partial charge in [-0.1, -0.05) is 43.7 Å². The maximum Gasteiger partial charge on any atom is 0.240 e. The van der Waals surface area contributed by atoms with Gasteiger partial charge in [0, 0.05) is 6.42 Å². The second-order valence-electron chi connectivity index (χ2n) is 6.23. The largest absolute Gasteiger partial charge is 0.489 e. The number of hydrazone groups is 1. The first-order valence-corrected chi connectivity index (χ1v) is 8.13. The summed E-state index contributed by atoms with van der Waals surface area (Å²) in [4.78, 5) is 11.5. The van der Waals surface area contributed by atoms with E-state index in [0.717, 1.165) is 16.9 Å². The lowest BCUT2D eigenvalue weighted by Gasteiger charge is -2.07. The molecular formula is C20H24N2O2. The topological polar surface area (TPSA) is 50.7 Å². The number of hydrogen-bond acceptors (Lipinski definition) is 3. The highest BCUT2D eigenvalue weighted by molar-refractivity contribution is 5.82. The molecule has 0 atom stereocenters. The van der Waals surface area contributed by atoms with Gasteiger partial charge in [-0.15, -0.1) is 0 Å². The van der Waals surface area contributed by atoms with Crippen molar-refractivity contribution in [1.82, 2.24) is 5.43 Å². The fourth-order valence-corrected chi connectivity index (χ4v) is 2.10. The Balaban J connectivity index is 1.82. The van der Waals surface area contributed by atoms with Gasteiger partial charge in [0.25, 0.3) is 0 Å². The molecule has 4 nitrogen and oxygen atoms in total. The van der Waals surface area contributed by atoms with Crippen LogP contribution in [0.15, 0.2) is 53.6 Å². The van der Waals surface area contributed by atoms with Gasteiger partial charge in [0.2, 0.25) is 5.91 Å². The third-order valence-corrected chi connectivity index (χ3v) is 3.40. The molecule has 126 valence electrons. The maximum absolute atomic E-state index is 11.5. The Bertz CT molecular complexity index is 674. The normalized spacial score (nSPS) is 11.0. The van der Waals surface area contributed by atoms with Crippen LogP contribution in [0.25, 0.3) is 0 Å². The Kier molecular flexibility index (Phi) is 6.55. The average molecular weight is 324 g/mol. The van der Waals surface area contributed by atoms with E-state index in [0.29, 0.717) is 18.9 Å². The van der Waals surface area contributed by atoms with Crippen LogP contribution >= 0.6 is 0 Å². The molecule has 4 heteroatoms. The van der Waals surface area contributed by atoms with Crippen molar-refractivity contribution in [2.24, 2.45) is 11.0 Å². The van der Waals surface area contributed by atoms with E-state index in [-0.39, 0.29) is 5.91 Å². The van der Waals surface area contributed by atoms with Crippen LogP contribution < -0.4 is 10.2 Å². The summed E-state index contributed by atoms with van der Waals surface area (Å²) in [5.74, 6) is 1.06. The predicted octanol–water partition coefficient (Wildman–Crippen LogP) is 4.07. The zero-order chi connectivity index (χ0) is 17.4. The molecule has 24 heavy (non-hydrogen) atoms. The zero-order valence-electron chi connectivity index (χ0n) is 14.5. The van der Waals surface area contributed by atoms with Crippen LogP contribution in [0.2, 0.25) is 0 Å². The van der Waals surface area contributed by atoms with Crippen molar-refractivity contribution in [3.63, 3.8) is 0 Å². The number of amides is 1. The Morgan fingerprint density at radius 1 is 1.12 bits per heavy atom. The monoisotopic (exact) mass is 324 g/mol. The molecule has 1 N–H and O–H groups in total. The van der Waals surface area contributed by atoms with Gasteiger partial charge in [-0.05, 0) is 48.2 Å². The van der Waals surface area contributed by atoms with E-state index in [1.165, 1.54) is 5.56 Å². The minimum atomic E-state index is -0.0701. The predicted molar refractivity (Wildman–Crippen MR) is 97.1 cm³/mol. The number of rotatable bonds is 7. The van der Waals surface area contributed by atoms with Gasteiger partial charge in [-0.3, -0.25) is 4.79 Å². The first-order chi connectivity index (χ1) is 11.5. The van der Waals surface area contributed by atoms with E-state index in [1.54, 1.807) is 6.21 Å². The molecule has 0 saturated carbocycles. The van der Waals surface area contributed by atoms with Crippen molar-refractivity contribution in [3.8, 4) is 5.75 Å². The van der Waals surface area contributed by atoms with Gasteiger partial charge in [0.15, 0.2) is 0 Å². The van der Waals surface area contributed by atoms with E-state index in [1.807, 2.05) is 38.1 Å². The summed E-state index contributed by atoms with van der Waals surface area (Å²) >= 11 is 0. The molecule has 0 aromatic heterocycles.